The highest BCUT2D eigenvalue weighted by molar-refractivity contribution is 5.31. The molecule has 1 aliphatic rings. The van der Waals surface area contributed by atoms with Gasteiger partial charge < -0.3 is 10.2 Å². The van der Waals surface area contributed by atoms with E-state index in [1.807, 2.05) is 0 Å². The first-order chi connectivity index (χ1) is 9.51. The predicted octanol–water partition coefficient (Wildman–Crippen LogP) is 1.68. The molecule has 2 unspecified atom stereocenters. The van der Waals surface area contributed by atoms with Gasteiger partial charge in [0, 0.05) is 31.7 Å². The third kappa shape index (κ3) is 3.60. The largest absolute Gasteiger partial charge is 0.315 e. The van der Waals surface area contributed by atoms with Crippen LogP contribution < -0.4 is 5.32 Å². The van der Waals surface area contributed by atoms with Crippen molar-refractivity contribution in [1.82, 2.24) is 15.1 Å². The SMILES string of the molecule is CNC(Cc1cc(C)ccc1C)C1CN(C)CCN1C. The third-order valence-corrected chi connectivity index (χ3v) is 4.68. The number of rotatable bonds is 4. The van der Waals surface area contributed by atoms with Gasteiger partial charge in [-0.2, -0.15) is 0 Å². The molecule has 0 bridgehead atoms. The first kappa shape index (κ1) is 15.5. The van der Waals surface area contributed by atoms with Crippen molar-refractivity contribution in [2.24, 2.45) is 0 Å². The topological polar surface area (TPSA) is 18.5 Å². The molecule has 1 aromatic carbocycles. The molecule has 112 valence electrons. The minimum atomic E-state index is 0.503. The number of aryl methyl sites for hydroxylation is 2. The zero-order valence-corrected chi connectivity index (χ0v) is 13.6. The summed E-state index contributed by atoms with van der Waals surface area (Å²) in [5.41, 5.74) is 4.24. The van der Waals surface area contributed by atoms with Crippen LogP contribution in [0.5, 0.6) is 0 Å². The average molecular weight is 275 g/mol. The average Bonchev–Trinajstić information content (AvgIpc) is 2.42. The Hall–Kier alpha value is -0.900. The second-order valence-electron chi connectivity index (χ2n) is 6.34. The van der Waals surface area contributed by atoms with Crippen LogP contribution >= 0.6 is 0 Å². The Kier molecular flexibility index (Phi) is 5.19. The number of nitrogens with zero attached hydrogens (tertiary/aromatic N) is 2. The smallest absolute Gasteiger partial charge is 0.0377 e. The number of hydrogen-bond donors (Lipinski definition) is 1. The molecule has 3 nitrogen and oxygen atoms in total. The minimum absolute atomic E-state index is 0.503. The van der Waals surface area contributed by atoms with Crippen LogP contribution in [0.4, 0.5) is 0 Å². The van der Waals surface area contributed by atoms with E-state index in [0.29, 0.717) is 12.1 Å². The number of nitrogens with one attached hydrogen (secondary N) is 1. The highest BCUT2D eigenvalue weighted by atomic mass is 15.3. The van der Waals surface area contributed by atoms with E-state index in [1.165, 1.54) is 23.2 Å². The van der Waals surface area contributed by atoms with Gasteiger partial charge in [-0.25, -0.2) is 0 Å². The molecule has 1 heterocycles. The molecule has 1 aliphatic heterocycles. The molecule has 0 amide bonds. The van der Waals surface area contributed by atoms with Crippen LogP contribution in [0.2, 0.25) is 0 Å². The van der Waals surface area contributed by atoms with Crippen molar-refractivity contribution in [2.75, 3.05) is 40.8 Å². The van der Waals surface area contributed by atoms with Crippen molar-refractivity contribution in [2.45, 2.75) is 32.4 Å². The van der Waals surface area contributed by atoms with E-state index in [1.54, 1.807) is 0 Å². The molecule has 0 saturated carbocycles. The van der Waals surface area contributed by atoms with Crippen molar-refractivity contribution in [3.8, 4) is 0 Å². The van der Waals surface area contributed by atoms with Crippen molar-refractivity contribution in [3.63, 3.8) is 0 Å². The maximum Gasteiger partial charge on any atom is 0.0377 e. The van der Waals surface area contributed by atoms with Gasteiger partial charge in [0.25, 0.3) is 0 Å². The van der Waals surface area contributed by atoms with E-state index >= 15 is 0 Å². The van der Waals surface area contributed by atoms with Crippen LogP contribution in [0.15, 0.2) is 18.2 Å². The Morgan fingerprint density at radius 3 is 2.70 bits per heavy atom. The summed E-state index contributed by atoms with van der Waals surface area (Å²) in [5, 5.41) is 3.55. The zero-order valence-electron chi connectivity index (χ0n) is 13.6. The molecule has 1 fully saturated rings. The fourth-order valence-electron chi connectivity index (χ4n) is 3.17. The van der Waals surface area contributed by atoms with Gasteiger partial charge in [0.2, 0.25) is 0 Å². The minimum Gasteiger partial charge on any atom is -0.315 e. The van der Waals surface area contributed by atoms with Crippen LogP contribution in [0.25, 0.3) is 0 Å². The molecular formula is C17H29N3. The molecule has 2 atom stereocenters. The van der Waals surface area contributed by atoms with E-state index in [0.717, 1.165) is 19.5 Å². The Bertz CT molecular complexity index is 444. The lowest BCUT2D eigenvalue weighted by atomic mass is 9.93. The van der Waals surface area contributed by atoms with Gasteiger partial charge in [0.1, 0.15) is 0 Å². The second-order valence-corrected chi connectivity index (χ2v) is 6.34. The normalized spacial score (nSPS) is 22.9. The quantitative estimate of drug-likeness (QED) is 0.902. The molecule has 1 saturated heterocycles. The zero-order chi connectivity index (χ0) is 14.7. The number of hydrogen-bond acceptors (Lipinski definition) is 3. The molecule has 0 radical (unpaired) electrons. The number of likely N-dealkylation sites (N-methyl/N-ethyl adjacent to an activating group) is 3. The number of benzene rings is 1. The van der Waals surface area contributed by atoms with Gasteiger partial charge in [0.15, 0.2) is 0 Å². The Morgan fingerprint density at radius 1 is 1.25 bits per heavy atom. The fraction of sp³-hybridized carbons (Fsp3) is 0.647. The lowest BCUT2D eigenvalue weighted by molar-refractivity contribution is 0.0897. The third-order valence-electron chi connectivity index (χ3n) is 4.68. The first-order valence-electron chi connectivity index (χ1n) is 7.63. The summed E-state index contributed by atoms with van der Waals surface area (Å²) < 4.78 is 0. The molecule has 1 N–H and O–H groups in total. The highest BCUT2D eigenvalue weighted by Crippen LogP contribution is 2.17. The maximum absolute atomic E-state index is 3.55. The molecule has 2 rings (SSSR count). The summed E-state index contributed by atoms with van der Waals surface area (Å²) in [5.74, 6) is 0. The molecule has 20 heavy (non-hydrogen) atoms. The van der Waals surface area contributed by atoms with E-state index in [-0.39, 0.29) is 0 Å². The van der Waals surface area contributed by atoms with Gasteiger partial charge in [-0.15, -0.1) is 0 Å². The molecule has 3 heteroatoms. The Labute approximate surface area is 124 Å². The lowest BCUT2D eigenvalue weighted by Gasteiger charge is -2.42. The lowest BCUT2D eigenvalue weighted by Crippen LogP contribution is -2.58. The molecular weight excluding hydrogens is 246 g/mol. The van der Waals surface area contributed by atoms with E-state index in [9.17, 15) is 0 Å². The summed E-state index contributed by atoms with van der Waals surface area (Å²) >= 11 is 0. The molecule has 0 spiro atoms. The van der Waals surface area contributed by atoms with Gasteiger partial charge in [0.05, 0.1) is 0 Å². The molecule has 1 aromatic rings. The van der Waals surface area contributed by atoms with E-state index in [4.69, 9.17) is 0 Å². The van der Waals surface area contributed by atoms with Crippen LogP contribution in [0, 0.1) is 13.8 Å². The van der Waals surface area contributed by atoms with Crippen LogP contribution in [-0.2, 0) is 6.42 Å². The van der Waals surface area contributed by atoms with Gasteiger partial charge >= 0.3 is 0 Å². The summed E-state index contributed by atoms with van der Waals surface area (Å²) in [6, 6.07) is 7.87. The number of piperazine rings is 1. The van der Waals surface area contributed by atoms with Crippen LogP contribution in [0.3, 0.4) is 0 Å². The van der Waals surface area contributed by atoms with Crippen molar-refractivity contribution < 1.29 is 0 Å². The Morgan fingerprint density at radius 2 is 2.00 bits per heavy atom. The summed E-state index contributed by atoms with van der Waals surface area (Å²) in [6.07, 6.45) is 1.10. The van der Waals surface area contributed by atoms with Crippen molar-refractivity contribution in [3.05, 3.63) is 34.9 Å². The molecule has 0 aliphatic carbocycles. The summed E-state index contributed by atoms with van der Waals surface area (Å²) in [4.78, 5) is 4.95. The summed E-state index contributed by atoms with van der Waals surface area (Å²) in [6.45, 7) is 7.88. The Balaban J connectivity index is 2.13. The van der Waals surface area contributed by atoms with E-state index in [2.05, 4.69) is 68.3 Å². The standard InChI is InChI=1S/C17H29N3/c1-13-6-7-14(2)15(10-13)11-16(18-3)17-12-19(4)8-9-20(17)5/h6-7,10,16-18H,8-9,11-12H2,1-5H3. The van der Waals surface area contributed by atoms with Gasteiger partial charge in [-0.1, -0.05) is 23.8 Å². The van der Waals surface area contributed by atoms with Crippen molar-refractivity contribution >= 4 is 0 Å². The highest BCUT2D eigenvalue weighted by Gasteiger charge is 2.29. The van der Waals surface area contributed by atoms with Crippen LogP contribution in [0.1, 0.15) is 16.7 Å². The van der Waals surface area contributed by atoms with Crippen molar-refractivity contribution in [1.29, 1.82) is 0 Å². The molecule has 0 aromatic heterocycles. The summed E-state index contributed by atoms with van der Waals surface area (Å²) in [7, 11) is 6.58. The van der Waals surface area contributed by atoms with E-state index < -0.39 is 0 Å². The maximum atomic E-state index is 3.55. The second kappa shape index (κ2) is 6.70. The van der Waals surface area contributed by atoms with Crippen LogP contribution in [-0.4, -0.2) is 62.7 Å². The first-order valence-corrected chi connectivity index (χ1v) is 7.63. The monoisotopic (exact) mass is 275 g/mol. The van der Waals surface area contributed by atoms with Gasteiger partial charge in [-0.3, -0.25) is 4.90 Å². The van der Waals surface area contributed by atoms with Gasteiger partial charge in [-0.05, 0) is 52.5 Å². The predicted molar refractivity (Wildman–Crippen MR) is 86.4 cm³/mol. The fourth-order valence-corrected chi connectivity index (χ4v) is 3.17.